The molecule has 0 aliphatic carbocycles. The molecule has 0 aliphatic rings. The highest BCUT2D eigenvalue weighted by molar-refractivity contribution is 5.71. The second kappa shape index (κ2) is 43.5. The molecular weight excluding hydrogens is 685 g/mol. The highest BCUT2D eigenvalue weighted by Crippen LogP contribution is 2.16. The van der Waals surface area contributed by atoms with Gasteiger partial charge in [-0.05, 0) is 25.2 Å². The molecule has 0 radical (unpaired) electrons. The van der Waals surface area contributed by atoms with Gasteiger partial charge in [-0.3, -0.25) is 14.4 Å². The number of unbranched alkanes of at least 4 members (excludes halogenated alkanes) is 31. The summed E-state index contributed by atoms with van der Waals surface area (Å²) in [5.41, 5.74) is 0. The number of ether oxygens (including phenoxy) is 3. The van der Waals surface area contributed by atoms with Crippen molar-refractivity contribution in [2.45, 2.75) is 278 Å². The van der Waals surface area contributed by atoms with Crippen molar-refractivity contribution in [2.24, 2.45) is 5.92 Å². The van der Waals surface area contributed by atoms with Crippen molar-refractivity contribution in [3.63, 3.8) is 0 Å². The summed E-state index contributed by atoms with van der Waals surface area (Å²) < 4.78 is 16.7. The van der Waals surface area contributed by atoms with E-state index < -0.39 is 6.10 Å². The van der Waals surface area contributed by atoms with Crippen molar-refractivity contribution >= 4 is 17.9 Å². The number of hydrogen-bond donors (Lipinski definition) is 0. The van der Waals surface area contributed by atoms with E-state index in [-0.39, 0.29) is 31.1 Å². The first kappa shape index (κ1) is 53.4. The Balaban J connectivity index is 4.20. The Bertz CT molecular complexity index is 826. The Morgan fingerprint density at radius 1 is 0.345 bits per heavy atom. The molecule has 0 heterocycles. The van der Waals surface area contributed by atoms with Gasteiger partial charge >= 0.3 is 17.9 Å². The van der Waals surface area contributed by atoms with E-state index in [4.69, 9.17) is 14.2 Å². The molecule has 0 saturated heterocycles. The van der Waals surface area contributed by atoms with Gasteiger partial charge in [0.05, 0.1) is 0 Å². The maximum absolute atomic E-state index is 12.7. The van der Waals surface area contributed by atoms with Crippen molar-refractivity contribution in [1.29, 1.82) is 0 Å². The van der Waals surface area contributed by atoms with E-state index in [1.807, 2.05) is 0 Å². The van der Waals surface area contributed by atoms with E-state index in [1.54, 1.807) is 0 Å². The van der Waals surface area contributed by atoms with E-state index >= 15 is 0 Å². The molecule has 0 unspecified atom stereocenters. The van der Waals surface area contributed by atoms with Gasteiger partial charge in [-0.1, -0.05) is 233 Å². The predicted molar refractivity (Wildman–Crippen MR) is 233 cm³/mol. The van der Waals surface area contributed by atoms with E-state index in [0.29, 0.717) is 19.3 Å². The van der Waals surface area contributed by atoms with Crippen molar-refractivity contribution in [3.05, 3.63) is 0 Å². The van der Waals surface area contributed by atoms with Gasteiger partial charge < -0.3 is 14.2 Å². The summed E-state index contributed by atoms with van der Waals surface area (Å²) in [5.74, 6) is -0.0739. The Morgan fingerprint density at radius 2 is 0.600 bits per heavy atom. The molecule has 0 rings (SSSR count). The zero-order chi connectivity index (χ0) is 40.3. The summed E-state index contributed by atoms with van der Waals surface area (Å²) >= 11 is 0. The largest absolute Gasteiger partial charge is 0.462 e. The number of carbonyl (C=O) groups is 3. The fraction of sp³-hybridized carbons (Fsp3) is 0.939. The summed E-state index contributed by atoms with van der Waals surface area (Å²) in [6.45, 7) is 8.94. The Morgan fingerprint density at radius 3 is 0.891 bits per heavy atom. The zero-order valence-electron chi connectivity index (χ0n) is 37.4. The number of rotatable bonds is 44. The molecule has 0 spiro atoms. The fourth-order valence-electron chi connectivity index (χ4n) is 7.33. The molecule has 326 valence electrons. The molecule has 6 nitrogen and oxygen atoms in total. The lowest BCUT2D eigenvalue weighted by Crippen LogP contribution is -2.30. The average Bonchev–Trinajstić information content (AvgIpc) is 3.17. The number of hydrogen-bond acceptors (Lipinski definition) is 6. The van der Waals surface area contributed by atoms with Crippen molar-refractivity contribution < 1.29 is 28.6 Å². The van der Waals surface area contributed by atoms with Gasteiger partial charge in [0.15, 0.2) is 6.10 Å². The first-order chi connectivity index (χ1) is 26.9. The fourth-order valence-corrected chi connectivity index (χ4v) is 7.33. The lowest BCUT2D eigenvalue weighted by molar-refractivity contribution is -0.167. The maximum Gasteiger partial charge on any atom is 0.306 e. The van der Waals surface area contributed by atoms with Crippen molar-refractivity contribution in [2.75, 3.05) is 13.2 Å². The van der Waals surface area contributed by atoms with E-state index in [9.17, 15) is 14.4 Å². The number of carbonyl (C=O) groups excluding carboxylic acids is 3. The molecule has 55 heavy (non-hydrogen) atoms. The first-order valence-corrected chi connectivity index (χ1v) is 24.4. The van der Waals surface area contributed by atoms with Crippen LogP contribution in [-0.2, 0) is 28.6 Å². The van der Waals surface area contributed by atoms with Crippen LogP contribution >= 0.6 is 0 Å². The second-order valence-electron chi connectivity index (χ2n) is 17.2. The van der Waals surface area contributed by atoms with E-state index in [1.165, 1.54) is 167 Å². The molecule has 6 heteroatoms. The van der Waals surface area contributed by atoms with Crippen LogP contribution in [0.25, 0.3) is 0 Å². The minimum atomic E-state index is -0.759. The molecule has 0 saturated carbocycles. The summed E-state index contributed by atoms with van der Waals surface area (Å²) in [4.78, 5) is 37.7. The van der Waals surface area contributed by atoms with Crippen molar-refractivity contribution in [1.82, 2.24) is 0 Å². The Kier molecular flexibility index (Phi) is 42.3. The Labute approximate surface area is 342 Å². The van der Waals surface area contributed by atoms with Gasteiger partial charge in [0.2, 0.25) is 0 Å². The van der Waals surface area contributed by atoms with Crippen LogP contribution in [0.1, 0.15) is 272 Å². The van der Waals surface area contributed by atoms with Gasteiger partial charge in [-0.2, -0.15) is 0 Å². The minimum Gasteiger partial charge on any atom is -0.462 e. The van der Waals surface area contributed by atoms with Crippen LogP contribution in [0.15, 0.2) is 0 Å². The molecule has 0 fully saturated rings. The van der Waals surface area contributed by atoms with Crippen LogP contribution in [0.4, 0.5) is 0 Å². The Hall–Kier alpha value is -1.59. The first-order valence-electron chi connectivity index (χ1n) is 24.4. The smallest absolute Gasteiger partial charge is 0.306 e. The molecule has 0 bridgehead atoms. The maximum atomic E-state index is 12.7. The molecule has 1 atom stereocenters. The number of esters is 3. The van der Waals surface area contributed by atoms with Crippen LogP contribution in [0.2, 0.25) is 0 Å². The topological polar surface area (TPSA) is 78.9 Å². The van der Waals surface area contributed by atoms with Crippen molar-refractivity contribution in [3.8, 4) is 0 Å². The molecule has 0 amide bonds. The third-order valence-electron chi connectivity index (χ3n) is 11.0. The van der Waals surface area contributed by atoms with Crippen LogP contribution in [-0.4, -0.2) is 37.2 Å². The molecule has 0 aromatic rings. The van der Waals surface area contributed by atoms with Crippen LogP contribution in [0.3, 0.4) is 0 Å². The van der Waals surface area contributed by atoms with Gasteiger partial charge in [-0.25, -0.2) is 0 Å². The second-order valence-corrected chi connectivity index (χ2v) is 17.2. The third kappa shape index (κ3) is 43.4. The van der Waals surface area contributed by atoms with Crippen LogP contribution in [0.5, 0.6) is 0 Å². The van der Waals surface area contributed by atoms with Gasteiger partial charge in [-0.15, -0.1) is 0 Å². The SMILES string of the molecule is CCCCCCCCCCCCCCCCCCCCC(=O)OC[C@H](COC(=O)CCCCCCCCCC(C)C)OC(=O)CCCCCCCCCCC. The minimum absolute atomic E-state index is 0.0640. The molecule has 0 N–H and O–H groups in total. The monoisotopic (exact) mass is 779 g/mol. The lowest BCUT2D eigenvalue weighted by atomic mass is 10.0. The quantitative estimate of drug-likeness (QED) is 0.0348. The summed E-state index contributed by atoms with van der Waals surface area (Å²) in [6, 6.07) is 0. The van der Waals surface area contributed by atoms with Crippen LogP contribution < -0.4 is 0 Å². The molecule has 0 aromatic carbocycles. The highest BCUT2D eigenvalue weighted by atomic mass is 16.6. The zero-order valence-corrected chi connectivity index (χ0v) is 37.4. The van der Waals surface area contributed by atoms with Gasteiger partial charge in [0, 0.05) is 19.3 Å². The van der Waals surface area contributed by atoms with E-state index in [0.717, 1.165) is 63.7 Å². The predicted octanol–water partition coefficient (Wildman–Crippen LogP) is 15.5. The average molecular weight is 779 g/mol. The third-order valence-corrected chi connectivity index (χ3v) is 11.0. The van der Waals surface area contributed by atoms with Gasteiger partial charge in [0.1, 0.15) is 13.2 Å². The highest BCUT2D eigenvalue weighted by Gasteiger charge is 2.19. The standard InChI is InChI=1S/C49H94O6/c1-5-7-9-11-13-15-16-17-18-19-20-21-22-23-25-28-32-36-40-47(50)53-43-46(55-49(52)42-38-34-29-24-14-12-10-8-6-2)44-54-48(51)41-37-33-30-26-27-31-35-39-45(3)4/h45-46H,5-44H2,1-4H3/t46-/m1/s1. The molecule has 0 aliphatic heterocycles. The van der Waals surface area contributed by atoms with E-state index in [2.05, 4.69) is 27.7 Å². The summed E-state index contributed by atoms with van der Waals surface area (Å²) in [5, 5.41) is 0. The molecule has 0 aromatic heterocycles. The summed E-state index contributed by atoms with van der Waals surface area (Å²) in [7, 11) is 0. The van der Waals surface area contributed by atoms with Gasteiger partial charge in [0.25, 0.3) is 0 Å². The normalized spacial score (nSPS) is 11.9. The van der Waals surface area contributed by atoms with Crippen LogP contribution in [0, 0.1) is 5.92 Å². The molecular formula is C49H94O6. The lowest BCUT2D eigenvalue weighted by Gasteiger charge is -2.18. The summed E-state index contributed by atoms with van der Waals surface area (Å²) in [6.07, 6.45) is 43.9.